The van der Waals surface area contributed by atoms with E-state index < -0.39 is 5.41 Å². The van der Waals surface area contributed by atoms with Crippen molar-refractivity contribution in [1.29, 1.82) is 0 Å². The third-order valence-electron chi connectivity index (χ3n) is 3.61. The summed E-state index contributed by atoms with van der Waals surface area (Å²) in [5.41, 5.74) is -0.545. The number of likely N-dealkylation sites (N-methyl/N-ethyl adjacent to an activating group) is 1. The van der Waals surface area contributed by atoms with Gasteiger partial charge in [0.1, 0.15) is 18.2 Å². The van der Waals surface area contributed by atoms with Gasteiger partial charge in [0.25, 0.3) is 0 Å². The van der Waals surface area contributed by atoms with Gasteiger partial charge >= 0.3 is 0 Å². The van der Waals surface area contributed by atoms with E-state index in [1.54, 1.807) is 26.2 Å². The number of benzene rings is 1. The maximum Gasteiger partial charge on any atom is 0.227 e. The van der Waals surface area contributed by atoms with E-state index in [4.69, 9.17) is 4.74 Å². The maximum atomic E-state index is 12.8. The molecule has 1 aromatic rings. The molecule has 0 atom stereocenters. The molecule has 0 aromatic heterocycles. The highest BCUT2D eigenvalue weighted by Crippen LogP contribution is 2.13. The molecule has 0 unspecified atom stereocenters. The number of rotatable bonds is 7. The summed E-state index contributed by atoms with van der Waals surface area (Å²) in [4.78, 5) is 17.9. The van der Waals surface area contributed by atoms with Crippen LogP contribution in [0, 0.1) is 11.2 Å². The van der Waals surface area contributed by atoms with Crippen LogP contribution in [-0.4, -0.2) is 57.6 Å². The van der Waals surface area contributed by atoms with Gasteiger partial charge in [0, 0.05) is 27.7 Å². The first-order valence-electron chi connectivity index (χ1n) is 7.82. The summed E-state index contributed by atoms with van der Waals surface area (Å²) < 4.78 is 18.4. The predicted molar refractivity (Wildman–Crippen MR) is 93.7 cm³/mol. The molecule has 0 saturated carbocycles. The minimum atomic E-state index is -0.545. The molecule has 0 spiro atoms. The molecule has 134 valence electrons. The van der Waals surface area contributed by atoms with E-state index in [1.807, 2.05) is 25.8 Å². The van der Waals surface area contributed by atoms with Crippen molar-refractivity contribution in [3.63, 3.8) is 0 Å². The molecule has 6 nitrogen and oxygen atoms in total. The molecular weight excluding hydrogens is 311 g/mol. The van der Waals surface area contributed by atoms with Gasteiger partial charge in [-0.05, 0) is 38.1 Å². The molecule has 0 fully saturated rings. The lowest BCUT2D eigenvalue weighted by Crippen LogP contribution is -2.48. The lowest BCUT2D eigenvalue weighted by atomic mass is 9.92. The lowest BCUT2D eigenvalue weighted by Gasteiger charge is -2.27. The van der Waals surface area contributed by atoms with Crippen molar-refractivity contribution in [3.8, 4) is 5.75 Å². The Kier molecular flexibility index (Phi) is 7.48. The first-order chi connectivity index (χ1) is 11.3. The number of nitrogens with one attached hydrogen (secondary N) is 2. The number of ether oxygens (including phenoxy) is 1. The minimum Gasteiger partial charge on any atom is -0.492 e. The van der Waals surface area contributed by atoms with Crippen molar-refractivity contribution in [2.24, 2.45) is 10.4 Å². The Morgan fingerprint density at radius 2 is 1.96 bits per heavy atom. The third-order valence-corrected chi connectivity index (χ3v) is 3.61. The van der Waals surface area contributed by atoms with Gasteiger partial charge in [-0.2, -0.15) is 0 Å². The van der Waals surface area contributed by atoms with Crippen molar-refractivity contribution < 1.29 is 13.9 Å². The van der Waals surface area contributed by atoms with Crippen molar-refractivity contribution >= 4 is 11.9 Å². The largest absolute Gasteiger partial charge is 0.492 e. The average Bonchev–Trinajstić information content (AvgIpc) is 2.56. The molecule has 7 heteroatoms. The van der Waals surface area contributed by atoms with Crippen LogP contribution < -0.4 is 15.4 Å². The first kappa shape index (κ1) is 19.7. The molecule has 0 aliphatic carbocycles. The van der Waals surface area contributed by atoms with E-state index in [-0.39, 0.29) is 11.7 Å². The summed E-state index contributed by atoms with van der Waals surface area (Å²) in [6.45, 7) is 5.22. The maximum absolute atomic E-state index is 12.8. The fraction of sp³-hybridized carbons (Fsp3) is 0.529. The first-order valence-corrected chi connectivity index (χ1v) is 7.82. The van der Waals surface area contributed by atoms with E-state index in [0.29, 0.717) is 31.4 Å². The number of aliphatic imine (C=N–C) groups is 1. The zero-order valence-corrected chi connectivity index (χ0v) is 15.0. The Morgan fingerprint density at radius 1 is 1.33 bits per heavy atom. The zero-order valence-electron chi connectivity index (χ0n) is 15.0. The Balaban J connectivity index is 2.45. The lowest BCUT2D eigenvalue weighted by molar-refractivity contribution is -0.128. The molecule has 0 saturated heterocycles. The second kappa shape index (κ2) is 9.10. The van der Waals surface area contributed by atoms with Gasteiger partial charge in [-0.3, -0.25) is 9.79 Å². The summed E-state index contributed by atoms with van der Waals surface area (Å²) in [6.07, 6.45) is 0. The number of carbonyl (C=O) groups excluding carboxylic acids is 1. The Morgan fingerprint density at radius 3 is 2.50 bits per heavy atom. The van der Waals surface area contributed by atoms with Gasteiger partial charge in [-0.25, -0.2) is 4.39 Å². The monoisotopic (exact) mass is 338 g/mol. The Labute approximate surface area is 143 Å². The average molecular weight is 338 g/mol. The fourth-order valence-electron chi connectivity index (χ4n) is 2.04. The number of carbonyl (C=O) groups is 1. The fourth-order valence-corrected chi connectivity index (χ4v) is 2.04. The molecule has 0 radical (unpaired) electrons. The van der Waals surface area contributed by atoms with Gasteiger partial charge in [-0.1, -0.05) is 0 Å². The highest BCUT2D eigenvalue weighted by Gasteiger charge is 2.27. The molecule has 1 aromatic carbocycles. The summed E-state index contributed by atoms with van der Waals surface area (Å²) >= 11 is 0. The number of guanidine groups is 1. The summed E-state index contributed by atoms with van der Waals surface area (Å²) in [6, 6.07) is 5.91. The van der Waals surface area contributed by atoms with E-state index in [2.05, 4.69) is 15.6 Å². The molecular formula is C17H27FN4O2. The van der Waals surface area contributed by atoms with Gasteiger partial charge in [0.15, 0.2) is 5.96 Å². The minimum absolute atomic E-state index is 0.0345. The number of nitrogens with zero attached hydrogens (tertiary/aromatic N) is 2. The molecule has 0 heterocycles. The summed E-state index contributed by atoms with van der Waals surface area (Å²) in [5, 5.41) is 5.84. The predicted octanol–water partition coefficient (Wildman–Crippen LogP) is 1.48. The molecule has 0 aliphatic heterocycles. The Hall–Kier alpha value is -2.31. The van der Waals surface area contributed by atoms with Crippen LogP contribution in [0.25, 0.3) is 0 Å². The Bertz CT molecular complexity index is 558. The van der Waals surface area contributed by atoms with E-state index in [0.717, 1.165) is 0 Å². The van der Waals surface area contributed by atoms with Gasteiger partial charge in [0.05, 0.1) is 12.0 Å². The van der Waals surface area contributed by atoms with Gasteiger partial charge < -0.3 is 20.3 Å². The zero-order chi connectivity index (χ0) is 18.2. The van der Waals surface area contributed by atoms with Crippen LogP contribution in [0.15, 0.2) is 29.3 Å². The highest BCUT2D eigenvalue weighted by molar-refractivity contribution is 5.84. The quantitative estimate of drug-likeness (QED) is 0.584. The molecule has 2 N–H and O–H groups in total. The van der Waals surface area contributed by atoms with E-state index in [1.165, 1.54) is 12.1 Å². The van der Waals surface area contributed by atoms with Crippen LogP contribution >= 0.6 is 0 Å². The van der Waals surface area contributed by atoms with Gasteiger partial charge in [-0.15, -0.1) is 0 Å². The molecule has 0 bridgehead atoms. The smallest absolute Gasteiger partial charge is 0.227 e. The van der Waals surface area contributed by atoms with Crippen molar-refractivity contribution in [2.75, 3.05) is 40.8 Å². The van der Waals surface area contributed by atoms with E-state index >= 15 is 0 Å². The third kappa shape index (κ3) is 6.06. The standard InChI is InChI=1S/C17H27FN4O2/c1-17(2,15(23)19-3)12-21-16(20-4)22(5)10-11-24-14-8-6-13(18)7-9-14/h6-9H,10-12H2,1-5H3,(H,19,23)(H,20,21). The van der Waals surface area contributed by atoms with Crippen LogP contribution in [0.3, 0.4) is 0 Å². The number of halogens is 1. The summed E-state index contributed by atoms with van der Waals surface area (Å²) in [7, 11) is 5.20. The number of hydrogen-bond donors (Lipinski definition) is 2. The topological polar surface area (TPSA) is 66.0 Å². The number of amides is 1. The molecule has 24 heavy (non-hydrogen) atoms. The van der Waals surface area contributed by atoms with Crippen molar-refractivity contribution in [2.45, 2.75) is 13.8 Å². The number of hydrogen-bond acceptors (Lipinski definition) is 3. The van der Waals surface area contributed by atoms with Crippen LogP contribution in [0.2, 0.25) is 0 Å². The second-order valence-electron chi connectivity index (χ2n) is 6.09. The van der Waals surface area contributed by atoms with Crippen LogP contribution in [0.5, 0.6) is 5.75 Å². The second-order valence-corrected chi connectivity index (χ2v) is 6.09. The van der Waals surface area contributed by atoms with Gasteiger partial charge in [0.2, 0.25) is 5.91 Å². The van der Waals surface area contributed by atoms with Crippen molar-refractivity contribution in [1.82, 2.24) is 15.5 Å². The van der Waals surface area contributed by atoms with Crippen molar-refractivity contribution in [3.05, 3.63) is 30.1 Å². The van der Waals surface area contributed by atoms with E-state index in [9.17, 15) is 9.18 Å². The normalized spacial score (nSPS) is 11.8. The van der Waals surface area contributed by atoms with Crippen LogP contribution in [0.1, 0.15) is 13.8 Å². The highest BCUT2D eigenvalue weighted by atomic mass is 19.1. The van der Waals surface area contributed by atoms with Crippen LogP contribution in [-0.2, 0) is 4.79 Å². The molecule has 1 rings (SSSR count). The van der Waals surface area contributed by atoms with Crippen LogP contribution in [0.4, 0.5) is 4.39 Å². The summed E-state index contributed by atoms with van der Waals surface area (Å²) in [5.74, 6) is 0.971. The molecule has 0 aliphatic rings. The SMILES string of the molecule is CN=C(NCC(C)(C)C(=O)NC)N(C)CCOc1ccc(F)cc1. The molecule has 1 amide bonds.